The van der Waals surface area contributed by atoms with Gasteiger partial charge in [-0.05, 0) is 25.0 Å². The van der Waals surface area contributed by atoms with E-state index in [9.17, 15) is 8.78 Å². The van der Waals surface area contributed by atoms with E-state index in [1.807, 2.05) is 41.9 Å². The normalized spacial score (nSPS) is 29.2. The van der Waals surface area contributed by atoms with E-state index in [0.29, 0.717) is 0 Å². The van der Waals surface area contributed by atoms with E-state index in [4.69, 9.17) is 0 Å². The molecule has 3 aliphatic heterocycles. The van der Waals surface area contributed by atoms with Crippen LogP contribution >= 0.6 is 11.3 Å². The zero-order chi connectivity index (χ0) is 22.3. The fourth-order valence-electron chi connectivity index (χ4n) is 5.92. The van der Waals surface area contributed by atoms with E-state index in [2.05, 4.69) is 36.3 Å². The topological polar surface area (TPSA) is 73.6 Å². The Kier molecular flexibility index (Phi) is 4.00. The molecule has 3 fully saturated rings. The quantitative estimate of drug-likeness (QED) is 0.456. The summed E-state index contributed by atoms with van der Waals surface area (Å²) in [5.41, 5.74) is 6.57. The van der Waals surface area contributed by atoms with Crippen LogP contribution < -0.4 is 4.90 Å². The Morgan fingerprint density at radius 1 is 1.15 bits per heavy atom. The average molecular weight is 466 g/mol. The summed E-state index contributed by atoms with van der Waals surface area (Å²) in [4.78, 5) is 8.71. The number of aromatic nitrogens is 5. The van der Waals surface area contributed by atoms with Gasteiger partial charge in [0.15, 0.2) is 5.82 Å². The van der Waals surface area contributed by atoms with Crippen LogP contribution in [0.5, 0.6) is 0 Å². The molecule has 6 heterocycles. The van der Waals surface area contributed by atoms with Crippen LogP contribution in [-0.4, -0.2) is 67.4 Å². The third-order valence-corrected chi connectivity index (χ3v) is 8.39. The molecule has 3 aromatic heterocycles. The maximum absolute atomic E-state index is 14.1. The van der Waals surface area contributed by atoms with Crippen LogP contribution in [-0.2, 0) is 0 Å². The molecule has 168 valence electrons. The number of nitrogens with zero attached hydrogens (tertiary/aromatic N) is 6. The summed E-state index contributed by atoms with van der Waals surface area (Å²) in [6.45, 7) is 0. The smallest absolute Gasteiger partial charge is 0.266 e. The second-order valence-electron chi connectivity index (χ2n) is 9.27. The van der Waals surface area contributed by atoms with Crippen molar-refractivity contribution in [3.63, 3.8) is 0 Å². The van der Waals surface area contributed by atoms with Crippen molar-refractivity contribution in [3.8, 4) is 22.4 Å². The molecule has 3 saturated heterocycles. The number of hydrogen-bond acceptors (Lipinski definition) is 7. The Bertz CT molecular complexity index is 1340. The second-order valence-corrected chi connectivity index (χ2v) is 10.1. The highest BCUT2D eigenvalue weighted by molar-refractivity contribution is 7.17. The minimum absolute atomic E-state index is 0.0111. The van der Waals surface area contributed by atoms with Gasteiger partial charge in [-0.25, -0.2) is 13.8 Å². The van der Waals surface area contributed by atoms with Crippen molar-refractivity contribution < 1.29 is 8.78 Å². The second kappa shape index (κ2) is 6.77. The van der Waals surface area contributed by atoms with Gasteiger partial charge in [-0.15, -0.1) is 21.5 Å². The molecule has 0 radical (unpaired) electrons. The first-order chi connectivity index (χ1) is 16.0. The van der Waals surface area contributed by atoms with E-state index in [1.54, 1.807) is 17.5 Å². The number of halogens is 2. The minimum Gasteiger partial charge on any atom is -0.355 e. The maximum Gasteiger partial charge on any atom is 0.266 e. The monoisotopic (exact) mass is 465 g/mol. The predicted molar refractivity (Wildman–Crippen MR) is 122 cm³/mol. The number of anilines is 1. The summed E-state index contributed by atoms with van der Waals surface area (Å²) in [5, 5.41) is 15.9. The van der Waals surface area contributed by atoms with Crippen molar-refractivity contribution in [3.05, 3.63) is 42.2 Å². The van der Waals surface area contributed by atoms with Crippen LogP contribution in [0.3, 0.4) is 0 Å². The number of aromatic amines is 1. The molecule has 7 rings (SSSR count). The van der Waals surface area contributed by atoms with E-state index in [-0.39, 0.29) is 24.5 Å². The highest BCUT2D eigenvalue weighted by Crippen LogP contribution is 2.57. The van der Waals surface area contributed by atoms with Gasteiger partial charge in [0, 0.05) is 54.5 Å². The lowest BCUT2D eigenvalue weighted by Crippen LogP contribution is -2.44. The molecule has 7 nitrogen and oxygen atoms in total. The molecule has 0 aliphatic carbocycles. The number of thiazole rings is 1. The van der Waals surface area contributed by atoms with Gasteiger partial charge in [-0.3, -0.25) is 10.00 Å². The number of rotatable bonds is 4. The third kappa shape index (κ3) is 2.86. The summed E-state index contributed by atoms with van der Waals surface area (Å²) in [6, 6.07) is 7.72. The molecule has 4 aromatic rings. The lowest BCUT2D eigenvalue weighted by molar-refractivity contribution is -0.00138. The van der Waals surface area contributed by atoms with Gasteiger partial charge in [0.1, 0.15) is 0 Å². The molecular formula is C23H21F2N7S. The Balaban J connectivity index is 1.15. The van der Waals surface area contributed by atoms with Crippen molar-refractivity contribution in [2.45, 2.75) is 49.4 Å². The number of H-pyrrole nitrogens is 1. The van der Waals surface area contributed by atoms with Crippen LogP contribution in [0.1, 0.15) is 19.3 Å². The van der Waals surface area contributed by atoms with Crippen molar-refractivity contribution >= 4 is 27.4 Å². The van der Waals surface area contributed by atoms with Crippen molar-refractivity contribution in [1.29, 1.82) is 0 Å². The van der Waals surface area contributed by atoms with Gasteiger partial charge < -0.3 is 4.90 Å². The SMILES string of the molecule is CN(c1ccc(-c2ccc(-c3cn[nH]c3)c3ncsc23)nn1)C1CC2CC(F)(F)C3C(C1)N23. The first kappa shape index (κ1) is 19.5. The van der Waals surface area contributed by atoms with Crippen LogP contribution in [0.25, 0.3) is 32.6 Å². The highest BCUT2D eigenvalue weighted by Gasteiger charge is 2.72. The Morgan fingerprint density at radius 2 is 2.03 bits per heavy atom. The molecule has 0 saturated carbocycles. The van der Waals surface area contributed by atoms with E-state index < -0.39 is 12.0 Å². The molecule has 10 heteroatoms. The fraction of sp³-hybridized carbons (Fsp3) is 0.391. The number of fused-ring (bicyclic) bond motifs is 2. The summed E-state index contributed by atoms with van der Waals surface area (Å²) < 4.78 is 29.2. The first-order valence-electron chi connectivity index (χ1n) is 11.1. The van der Waals surface area contributed by atoms with Gasteiger partial charge in [0.25, 0.3) is 5.92 Å². The zero-order valence-electron chi connectivity index (χ0n) is 17.8. The van der Waals surface area contributed by atoms with Crippen LogP contribution in [0.4, 0.5) is 14.6 Å². The van der Waals surface area contributed by atoms with Crippen molar-refractivity contribution in [1.82, 2.24) is 30.3 Å². The number of benzene rings is 1. The lowest BCUT2D eigenvalue weighted by atomic mass is 9.90. The molecule has 0 bridgehead atoms. The molecular weight excluding hydrogens is 444 g/mol. The standard InChI is InChI=1S/C23H21F2N7S/c1-31(13-6-14-8-23(24,25)22-18(7-13)32(14)22)19-5-4-17(29-30-19)16-3-2-15(12-9-27-28-10-12)20-21(16)33-11-26-20/h2-5,9-11,13-14,18,22H,6-8H2,1H3,(H,27,28). The van der Waals surface area contributed by atoms with Crippen LogP contribution in [0, 0.1) is 0 Å². The van der Waals surface area contributed by atoms with Gasteiger partial charge in [0.05, 0.1) is 33.7 Å². The molecule has 33 heavy (non-hydrogen) atoms. The van der Waals surface area contributed by atoms with E-state index in [0.717, 1.165) is 51.3 Å². The maximum atomic E-state index is 14.1. The van der Waals surface area contributed by atoms with Crippen LogP contribution in [0.2, 0.25) is 0 Å². The van der Waals surface area contributed by atoms with E-state index in [1.165, 1.54) is 0 Å². The van der Waals surface area contributed by atoms with Crippen molar-refractivity contribution in [2.24, 2.45) is 0 Å². The number of alkyl halides is 2. The molecule has 1 N–H and O–H groups in total. The molecule has 3 aliphatic rings. The largest absolute Gasteiger partial charge is 0.355 e. The summed E-state index contributed by atoms with van der Waals surface area (Å²) in [5.74, 6) is -1.74. The molecule has 0 amide bonds. The summed E-state index contributed by atoms with van der Waals surface area (Å²) in [6.07, 6.45) is 5.14. The van der Waals surface area contributed by atoms with Gasteiger partial charge in [0.2, 0.25) is 0 Å². The zero-order valence-corrected chi connectivity index (χ0v) is 18.6. The number of hydrogen-bond donors (Lipinski definition) is 1. The van der Waals surface area contributed by atoms with Crippen LogP contribution in [0.15, 0.2) is 42.2 Å². The number of piperidine rings is 2. The predicted octanol–water partition coefficient (Wildman–Crippen LogP) is 4.20. The lowest BCUT2D eigenvalue weighted by Gasteiger charge is -2.36. The van der Waals surface area contributed by atoms with E-state index >= 15 is 0 Å². The Labute approximate surface area is 192 Å². The Morgan fingerprint density at radius 3 is 2.79 bits per heavy atom. The van der Waals surface area contributed by atoms with Gasteiger partial charge in [-0.2, -0.15) is 5.10 Å². The minimum atomic E-state index is -2.52. The first-order valence-corrected chi connectivity index (χ1v) is 12.0. The Hall–Kier alpha value is -2.98. The molecule has 5 unspecified atom stereocenters. The molecule has 1 aromatic carbocycles. The molecule has 0 spiro atoms. The summed E-state index contributed by atoms with van der Waals surface area (Å²) in [7, 11) is 2.00. The fourth-order valence-corrected chi connectivity index (χ4v) is 6.76. The van der Waals surface area contributed by atoms with Gasteiger partial charge >= 0.3 is 0 Å². The third-order valence-electron chi connectivity index (χ3n) is 7.53. The van der Waals surface area contributed by atoms with Gasteiger partial charge in [-0.1, -0.05) is 12.1 Å². The highest BCUT2D eigenvalue weighted by atomic mass is 32.1. The van der Waals surface area contributed by atoms with Crippen molar-refractivity contribution in [2.75, 3.05) is 11.9 Å². The number of nitrogens with one attached hydrogen (secondary N) is 1. The molecule has 5 atom stereocenters. The summed E-state index contributed by atoms with van der Waals surface area (Å²) >= 11 is 1.58. The average Bonchev–Trinajstić information content (AvgIpc) is 3.18.